The molecule has 1 fully saturated rings. The minimum atomic E-state index is -0.101. The highest BCUT2D eigenvalue weighted by Crippen LogP contribution is 2.17. The number of nitrogens with zero attached hydrogens (tertiary/aromatic N) is 3. The van der Waals surface area contributed by atoms with Gasteiger partial charge in [0.05, 0.1) is 32.7 Å². The summed E-state index contributed by atoms with van der Waals surface area (Å²) in [5.41, 5.74) is 1.49. The van der Waals surface area contributed by atoms with Gasteiger partial charge in [-0.25, -0.2) is 9.97 Å². The normalized spacial score (nSPS) is 14.2. The minimum Gasteiger partial charge on any atom is -0.496 e. The fourth-order valence-corrected chi connectivity index (χ4v) is 2.69. The van der Waals surface area contributed by atoms with Crippen LogP contribution in [0.2, 0.25) is 0 Å². The molecule has 0 unspecified atom stereocenters. The zero-order valence-electron chi connectivity index (χ0n) is 14.3. The van der Waals surface area contributed by atoms with Crippen LogP contribution in [0.5, 0.6) is 5.75 Å². The fourth-order valence-electron chi connectivity index (χ4n) is 2.69. The van der Waals surface area contributed by atoms with E-state index in [2.05, 4.69) is 15.3 Å². The van der Waals surface area contributed by atoms with Crippen molar-refractivity contribution in [1.82, 2.24) is 14.9 Å². The third-order valence-electron chi connectivity index (χ3n) is 4.06. The van der Waals surface area contributed by atoms with Crippen LogP contribution >= 0.6 is 0 Å². The number of aromatic nitrogens is 2. The standard InChI is InChI=1S/C18H22N4O3/c1-24-16-5-3-2-4-14(16)6-7-19-17-13-20-15(12-21-17)18(23)22-8-10-25-11-9-22/h2-5,12-13H,6-11H2,1H3,(H,19,21). The second kappa shape index (κ2) is 8.43. The van der Waals surface area contributed by atoms with Crippen LogP contribution in [0.25, 0.3) is 0 Å². The summed E-state index contributed by atoms with van der Waals surface area (Å²) in [5.74, 6) is 1.42. The zero-order chi connectivity index (χ0) is 17.5. The summed E-state index contributed by atoms with van der Waals surface area (Å²) in [6.45, 7) is 3.04. The summed E-state index contributed by atoms with van der Waals surface area (Å²) in [4.78, 5) is 22.6. The topological polar surface area (TPSA) is 76.6 Å². The first-order valence-corrected chi connectivity index (χ1v) is 8.33. The average molecular weight is 342 g/mol. The summed E-state index contributed by atoms with van der Waals surface area (Å²) < 4.78 is 10.6. The molecule has 0 aliphatic carbocycles. The molecule has 0 radical (unpaired) electrons. The van der Waals surface area contributed by atoms with Gasteiger partial charge in [-0.1, -0.05) is 18.2 Å². The highest BCUT2D eigenvalue weighted by Gasteiger charge is 2.19. The van der Waals surface area contributed by atoms with Crippen LogP contribution in [0, 0.1) is 0 Å². The van der Waals surface area contributed by atoms with E-state index in [0.717, 1.165) is 17.7 Å². The van der Waals surface area contributed by atoms with E-state index in [1.165, 1.54) is 6.20 Å². The molecule has 1 aromatic heterocycles. The number of methoxy groups -OCH3 is 1. The number of anilines is 1. The monoisotopic (exact) mass is 342 g/mol. The molecule has 0 atom stereocenters. The quantitative estimate of drug-likeness (QED) is 0.859. The molecule has 1 aliphatic heterocycles. The second-order valence-corrected chi connectivity index (χ2v) is 5.68. The van der Waals surface area contributed by atoms with Gasteiger partial charge in [0.15, 0.2) is 0 Å². The molecule has 1 saturated heterocycles. The Hall–Kier alpha value is -2.67. The van der Waals surface area contributed by atoms with Gasteiger partial charge in [-0.05, 0) is 18.1 Å². The predicted molar refractivity (Wildman–Crippen MR) is 93.9 cm³/mol. The van der Waals surface area contributed by atoms with Gasteiger partial charge in [0, 0.05) is 19.6 Å². The van der Waals surface area contributed by atoms with Gasteiger partial charge in [0.25, 0.3) is 5.91 Å². The van der Waals surface area contributed by atoms with Gasteiger partial charge in [-0.2, -0.15) is 0 Å². The molecule has 1 aromatic carbocycles. The van der Waals surface area contributed by atoms with Gasteiger partial charge in [-0.15, -0.1) is 0 Å². The van der Waals surface area contributed by atoms with Crippen LogP contribution in [-0.4, -0.2) is 60.7 Å². The fraction of sp³-hybridized carbons (Fsp3) is 0.389. The molecular weight excluding hydrogens is 320 g/mol. The zero-order valence-corrected chi connectivity index (χ0v) is 14.3. The lowest BCUT2D eigenvalue weighted by Crippen LogP contribution is -2.41. The van der Waals surface area contributed by atoms with Gasteiger partial charge >= 0.3 is 0 Å². The van der Waals surface area contributed by atoms with Crippen molar-refractivity contribution < 1.29 is 14.3 Å². The lowest BCUT2D eigenvalue weighted by atomic mass is 10.1. The second-order valence-electron chi connectivity index (χ2n) is 5.68. The lowest BCUT2D eigenvalue weighted by Gasteiger charge is -2.26. The van der Waals surface area contributed by atoms with Gasteiger partial charge < -0.3 is 19.7 Å². The maximum Gasteiger partial charge on any atom is 0.274 e. The molecule has 7 heteroatoms. The maximum atomic E-state index is 12.3. The van der Waals surface area contributed by atoms with Crippen molar-refractivity contribution in [2.75, 3.05) is 45.3 Å². The number of benzene rings is 1. The maximum absolute atomic E-state index is 12.3. The SMILES string of the molecule is COc1ccccc1CCNc1cnc(C(=O)N2CCOCC2)cn1. The Morgan fingerprint density at radius 3 is 2.76 bits per heavy atom. The van der Waals surface area contributed by atoms with E-state index in [-0.39, 0.29) is 5.91 Å². The number of carbonyl (C=O) groups excluding carboxylic acids is 1. The number of morpholine rings is 1. The third-order valence-corrected chi connectivity index (χ3v) is 4.06. The first-order valence-electron chi connectivity index (χ1n) is 8.33. The molecule has 7 nitrogen and oxygen atoms in total. The molecule has 25 heavy (non-hydrogen) atoms. The Morgan fingerprint density at radius 1 is 1.24 bits per heavy atom. The Kier molecular flexibility index (Phi) is 5.79. The number of nitrogens with one attached hydrogen (secondary N) is 1. The summed E-state index contributed by atoms with van der Waals surface area (Å²) in [5, 5.41) is 3.22. The summed E-state index contributed by atoms with van der Waals surface area (Å²) in [6, 6.07) is 7.92. The molecule has 0 saturated carbocycles. The Labute approximate surface area is 147 Å². The molecule has 0 spiro atoms. The molecule has 2 aromatic rings. The number of carbonyl (C=O) groups is 1. The number of hydrogen-bond acceptors (Lipinski definition) is 6. The van der Waals surface area contributed by atoms with E-state index in [1.54, 1.807) is 18.2 Å². The van der Waals surface area contributed by atoms with Gasteiger partial charge in [0.1, 0.15) is 17.3 Å². The summed E-state index contributed by atoms with van der Waals surface area (Å²) in [7, 11) is 1.67. The minimum absolute atomic E-state index is 0.101. The Morgan fingerprint density at radius 2 is 2.04 bits per heavy atom. The lowest BCUT2D eigenvalue weighted by molar-refractivity contribution is 0.0298. The predicted octanol–water partition coefficient (Wildman–Crippen LogP) is 1.61. The van der Waals surface area contributed by atoms with Crippen LogP contribution in [0.15, 0.2) is 36.7 Å². The van der Waals surface area contributed by atoms with E-state index in [1.807, 2.05) is 24.3 Å². The van der Waals surface area contributed by atoms with Crippen LogP contribution in [0.3, 0.4) is 0 Å². The third kappa shape index (κ3) is 4.45. The van der Waals surface area contributed by atoms with Crippen molar-refractivity contribution in [3.8, 4) is 5.75 Å². The first kappa shape index (κ1) is 17.2. The van der Waals surface area contributed by atoms with E-state index in [0.29, 0.717) is 44.4 Å². The van der Waals surface area contributed by atoms with Crippen molar-refractivity contribution in [3.63, 3.8) is 0 Å². The van der Waals surface area contributed by atoms with Crippen molar-refractivity contribution in [3.05, 3.63) is 47.9 Å². The van der Waals surface area contributed by atoms with Gasteiger partial charge in [0.2, 0.25) is 0 Å². The average Bonchev–Trinajstić information content (AvgIpc) is 2.69. The molecule has 132 valence electrons. The molecule has 1 aliphatic rings. The Balaban J connectivity index is 1.53. The smallest absolute Gasteiger partial charge is 0.274 e. The van der Waals surface area contributed by atoms with E-state index >= 15 is 0 Å². The Bertz CT molecular complexity index is 700. The molecule has 3 rings (SSSR count). The number of amides is 1. The van der Waals surface area contributed by atoms with Crippen molar-refractivity contribution >= 4 is 11.7 Å². The van der Waals surface area contributed by atoms with Crippen LogP contribution < -0.4 is 10.1 Å². The molecule has 1 amide bonds. The molecule has 2 heterocycles. The van der Waals surface area contributed by atoms with E-state index in [9.17, 15) is 4.79 Å². The molecule has 1 N–H and O–H groups in total. The van der Waals surface area contributed by atoms with Crippen LogP contribution in [-0.2, 0) is 11.2 Å². The summed E-state index contributed by atoms with van der Waals surface area (Å²) >= 11 is 0. The van der Waals surface area contributed by atoms with Crippen molar-refractivity contribution in [2.24, 2.45) is 0 Å². The van der Waals surface area contributed by atoms with E-state index in [4.69, 9.17) is 9.47 Å². The van der Waals surface area contributed by atoms with Crippen molar-refractivity contribution in [2.45, 2.75) is 6.42 Å². The number of hydrogen-bond donors (Lipinski definition) is 1. The molecule has 0 bridgehead atoms. The highest BCUT2D eigenvalue weighted by molar-refractivity contribution is 5.92. The largest absolute Gasteiger partial charge is 0.496 e. The van der Waals surface area contributed by atoms with Crippen molar-refractivity contribution in [1.29, 1.82) is 0 Å². The van der Waals surface area contributed by atoms with E-state index < -0.39 is 0 Å². The highest BCUT2D eigenvalue weighted by atomic mass is 16.5. The van der Waals surface area contributed by atoms with Gasteiger partial charge in [-0.3, -0.25) is 4.79 Å². The summed E-state index contributed by atoms with van der Waals surface area (Å²) in [6.07, 6.45) is 3.92. The van der Waals surface area contributed by atoms with Crippen LogP contribution in [0.1, 0.15) is 16.1 Å². The first-order chi connectivity index (χ1) is 12.3. The number of para-hydroxylation sites is 1. The van der Waals surface area contributed by atoms with Crippen LogP contribution in [0.4, 0.5) is 5.82 Å². The number of ether oxygens (including phenoxy) is 2. The molecular formula is C18H22N4O3. The number of rotatable bonds is 6.